The van der Waals surface area contributed by atoms with Crippen molar-refractivity contribution in [1.29, 1.82) is 0 Å². The number of hydrogen-bond donors (Lipinski definition) is 4. The third kappa shape index (κ3) is 7.13. The number of amides is 3. The number of anilines is 2. The Bertz CT molecular complexity index is 790. The predicted octanol–water partition coefficient (Wildman–Crippen LogP) is 1.43. The van der Waals surface area contributed by atoms with E-state index in [2.05, 4.69) is 16.0 Å². The van der Waals surface area contributed by atoms with Crippen molar-refractivity contribution in [1.82, 2.24) is 5.32 Å². The van der Waals surface area contributed by atoms with Gasteiger partial charge in [0.15, 0.2) is 13.1 Å². The molecule has 0 bridgehead atoms. The molecule has 150 valence electrons. The van der Waals surface area contributed by atoms with Gasteiger partial charge in [0.05, 0.1) is 12.6 Å². The van der Waals surface area contributed by atoms with Crippen LogP contribution in [0.25, 0.3) is 0 Å². The van der Waals surface area contributed by atoms with E-state index in [4.69, 9.17) is 0 Å². The molecule has 0 fully saturated rings. The van der Waals surface area contributed by atoms with Crippen molar-refractivity contribution in [3.63, 3.8) is 0 Å². The molecule has 2 atom stereocenters. The standard InChI is InChI=1S/C20H26N4O3S/c1-4-24(12-19(26)21-14(2)18-6-5-11-28-18)13-20(27)23-17-9-7-16(8-10-17)22-15(3)25/h5-11,14H,4,12-13H2,1-3H3,(H,21,26)(H,22,25)(H,23,27)/p+1/t14-/m0/s1. The number of likely N-dealkylation sites (N-methyl/N-ethyl adjacent to an activating group) is 1. The molecular weight excluding hydrogens is 376 g/mol. The Labute approximate surface area is 169 Å². The number of thiophene rings is 1. The lowest BCUT2D eigenvalue weighted by Gasteiger charge is -2.18. The van der Waals surface area contributed by atoms with Crippen molar-refractivity contribution >= 4 is 40.4 Å². The summed E-state index contributed by atoms with van der Waals surface area (Å²) in [5.74, 6) is -0.390. The van der Waals surface area contributed by atoms with Crippen LogP contribution in [0.1, 0.15) is 31.7 Å². The van der Waals surface area contributed by atoms with E-state index < -0.39 is 0 Å². The molecule has 2 aromatic rings. The van der Waals surface area contributed by atoms with Crippen LogP contribution in [0.2, 0.25) is 0 Å². The number of quaternary nitrogens is 1. The van der Waals surface area contributed by atoms with Crippen LogP contribution in [-0.4, -0.2) is 37.4 Å². The summed E-state index contributed by atoms with van der Waals surface area (Å²) in [6, 6.07) is 10.8. The lowest BCUT2D eigenvalue weighted by molar-refractivity contribution is -0.881. The third-order valence-corrected chi connectivity index (χ3v) is 5.21. The van der Waals surface area contributed by atoms with Gasteiger partial charge in [0.25, 0.3) is 11.8 Å². The van der Waals surface area contributed by atoms with Gasteiger partial charge in [0.2, 0.25) is 5.91 Å². The fraction of sp³-hybridized carbons (Fsp3) is 0.350. The molecule has 4 N–H and O–H groups in total. The third-order valence-electron chi connectivity index (χ3n) is 4.16. The van der Waals surface area contributed by atoms with Crippen LogP contribution in [0.4, 0.5) is 11.4 Å². The van der Waals surface area contributed by atoms with Gasteiger partial charge in [0.1, 0.15) is 0 Å². The number of benzene rings is 1. The summed E-state index contributed by atoms with van der Waals surface area (Å²) in [7, 11) is 0. The van der Waals surface area contributed by atoms with Crippen LogP contribution in [-0.2, 0) is 14.4 Å². The van der Waals surface area contributed by atoms with E-state index in [-0.39, 0.29) is 36.9 Å². The molecule has 3 amide bonds. The van der Waals surface area contributed by atoms with E-state index in [0.717, 1.165) is 9.78 Å². The molecule has 7 nitrogen and oxygen atoms in total. The minimum Gasteiger partial charge on any atom is -0.344 e. The molecule has 0 saturated heterocycles. The van der Waals surface area contributed by atoms with Crippen LogP contribution in [0.15, 0.2) is 41.8 Å². The first-order chi connectivity index (χ1) is 13.4. The number of rotatable bonds is 9. The SMILES string of the molecule is CC[NH+](CC(=O)Nc1ccc(NC(C)=O)cc1)CC(=O)N[C@@H](C)c1cccs1. The largest absolute Gasteiger partial charge is 0.344 e. The maximum Gasteiger partial charge on any atom is 0.279 e. The molecule has 1 heterocycles. The summed E-state index contributed by atoms with van der Waals surface area (Å²) in [5, 5.41) is 10.5. The Kier molecular flexibility index (Phi) is 8.16. The maximum atomic E-state index is 12.3. The normalized spacial score (nSPS) is 12.7. The molecule has 8 heteroatoms. The molecule has 1 unspecified atom stereocenters. The summed E-state index contributed by atoms with van der Waals surface area (Å²) in [6.07, 6.45) is 0. The van der Waals surface area contributed by atoms with Crippen LogP contribution in [0, 0.1) is 0 Å². The minimum absolute atomic E-state index is 0.0402. The Morgan fingerprint density at radius 3 is 2.14 bits per heavy atom. The number of nitrogens with one attached hydrogen (secondary N) is 4. The zero-order valence-corrected chi connectivity index (χ0v) is 17.2. The van der Waals surface area contributed by atoms with Gasteiger partial charge in [-0.3, -0.25) is 14.4 Å². The van der Waals surface area contributed by atoms with Gasteiger partial charge >= 0.3 is 0 Å². The van der Waals surface area contributed by atoms with Gasteiger partial charge in [-0.05, 0) is 49.6 Å². The zero-order chi connectivity index (χ0) is 20.5. The molecule has 2 rings (SSSR count). The molecule has 1 aromatic heterocycles. The average Bonchev–Trinajstić information content (AvgIpc) is 3.17. The van der Waals surface area contributed by atoms with Gasteiger partial charge in [0, 0.05) is 23.2 Å². The van der Waals surface area contributed by atoms with E-state index >= 15 is 0 Å². The first kappa shape index (κ1) is 21.6. The highest BCUT2D eigenvalue weighted by Gasteiger charge is 2.18. The van der Waals surface area contributed by atoms with Crippen LogP contribution in [0.5, 0.6) is 0 Å². The molecule has 0 radical (unpaired) electrons. The number of hydrogen-bond acceptors (Lipinski definition) is 4. The van der Waals surface area contributed by atoms with Gasteiger partial charge < -0.3 is 20.9 Å². The number of carbonyl (C=O) groups excluding carboxylic acids is 3. The monoisotopic (exact) mass is 403 g/mol. The average molecular weight is 404 g/mol. The molecule has 0 aliphatic rings. The van der Waals surface area contributed by atoms with Gasteiger partial charge in [-0.15, -0.1) is 11.3 Å². The molecule has 1 aromatic carbocycles. The summed E-state index contributed by atoms with van der Waals surface area (Å²) < 4.78 is 0. The van der Waals surface area contributed by atoms with Crippen molar-refractivity contribution in [3.8, 4) is 0 Å². The second-order valence-electron chi connectivity index (χ2n) is 6.57. The Balaban J connectivity index is 1.81. The van der Waals surface area contributed by atoms with Crippen LogP contribution >= 0.6 is 11.3 Å². The van der Waals surface area contributed by atoms with Crippen LogP contribution < -0.4 is 20.9 Å². The highest BCUT2D eigenvalue weighted by Crippen LogP contribution is 2.17. The molecule has 0 saturated carbocycles. The van der Waals surface area contributed by atoms with Crippen LogP contribution in [0.3, 0.4) is 0 Å². The van der Waals surface area contributed by atoms with Crippen molar-refractivity contribution in [2.24, 2.45) is 0 Å². The van der Waals surface area contributed by atoms with E-state index in [0.29, 0.717) is 17.9 Å². The van der Waals surface area contributed by atoms with Crippen molar-refractivity contribution in [2.45, 2.75) is 26.8 Å². The Morgan fingerprint density at radius 2 is 1.61 bits per heavy atom. The highest BCUT2D eigenvalue weighted by molar-refractivity contribution is 7.10. The fourth-order valence-electron chi connectivity index (χ4n) is 2.71. The topological polar surface area (TPSA) is 91.7 Å². The smallest absolute Gasteiger partial charge is 0.279 e. The Morgan fingerprint density at radius 1 is 1.00 bits per heavy atom. The lowest BCUT2D eigenvalue weighted by atomic mass is 10.2. The van der Waals surface area contributed by atoms with Crippen molar-refractivity contribution < 1.29 is 19.3 Å². The first-order valence-electron chi connectivity index (χ1n) is 9.21. The molecular formula is C20H27N4O3S+. The summed E-state index contributed by atoms with van der Waals surface area (Å²) in [4.78, 5) is 37.6. The summed E-state index contributed by atoms with van der Waals surface area (Å²) >= 11 is 1.60. The van der Waals surface area contributed by atoms with Gasteiger partial charge in [-0.25, -0.2) is 0 Å². The Hall–Kier alpha value is -2.71. The predicted molar refractivity (Wildman–Crippen MR) is 111 cm³/mol. The highest BCUT2D eigenvalue weighted by atomic mass is 32.1. The van der Waals surface area contributed by atoms with E-state index in [1.807, 2.05) is 31.4 Å². The number of carbonyl (C=O) groups is 3. The van der Waals surface area contributed by atoms with Gasteiger partial charge in [-0.1, -0.05) is 6.07 Å². The molecule has 0 spiro atoms. The second-order valence-corrected chi connectivity index (χ2v) is 7.55. The van der Waals surface area contributed by atoms with E-state index in [1.165, 1.54) is 6.92 Å². The second kappa shape index (κ2) is 10.6. The molecule has 0 aliphatic carbocycles. The zero-order valence-electron chi connectivity index (χ0n) is 16.4. The molecule has 28 heavy (non-hydrogen) atoms. The first-order valence-corrected chi connectivity index (χ1v) is 10.1. The quantitative estimate of drug-likeness (QED) is 0.510. The minimum atomic E-state index is -0.164. The maximum absolute atomic E-state index is 12.3. The van der Waals surface area contributed by atoms with Crippen molar-refractivity contribution in [3.05, 3.63) is 46.7 Å². The lowest BCUT2D eigenvalue weighted by Crippen LogP contribution is -3.14. The van der Waals surface area contributed by atoms with Crippen molar-refractivity contribution in [2.75, 3.05) is 30.3 Å². The van der Waals surface area contributed by atoms with E-state index in [9.17, 15) is 14.4 Å². The molecule has 0 aliphatic heterocycles. The summed E-state index contributed by atoms with van der Waals surface area (Å²) in [6.45, 7) is 6.43. The summed E-state index contributed by atoms with van der Waals surface area (Å²) in [5.41, 5.74) is 1.31. The van der Waals surface area contributed by atoms with Gasteiger partial charge in [-0.2, -0.15) is 0 Å². The van der Waals surface area contributed by atoms with E-state index in [1.54, 1.807) is 35.6 Å². The fourth-order valence-corrected chi connectivity index (χ4v) is 3.45.